The van der Waals surface area contributed by atoms with E-state index in [4.69, 9.17) is 37.0 Å². The average molecular weight is 1240 g/mol. The van der Waals surface area contributed by atoms with Crippen LogP contribution in [0.4, 0.5) is 0 Å². The van der Waals surface area contributed by atoms with E-state index in [1.807, 2.05) is 0 Å². The number of unbranched alkanes of at least 4 members (excludes halogenated alkanes) is 25. The van der Waals surface area contributed by atoms with Crippen LogP contribution in [0.3, 0.4) is 0 Å². The van der Waals surface area contributed by atoms with Gasteiger partial charge in [-0.3, -0.25) is 37.3 Å². The Labute approximate surface area is 510 Å². The highest BCUT2D eigenvalue weighted by atomic mass is 31.2. The van der Waals surface area contributed by atoms with Crippen molar-refractivity contribution in [2.45, 2.75) is 311 Å². The summed E-state index contributed by atoms with van der Waals surface area (Å²) in [4.78, 5) is 72.2. The van der Waals surface area contributed by atoms with Crippen molar-refractivity contribution in [2.24, 2.45) is 17.8 Å². The number of hydrogen-bond donors (Lipinski definition) is 3. The molecule has 0 fully saturated rings. The lowest BCUT2D eigenvalue weighted by molar-refractivity contribution is -0.161. The van der Waals surface area contributed by atoms with Crippen molar-refractivity contribution in [2.75, 3.05) is 39.6 Å². The molecular formula is C65H122O17P2. The first-order valence-corrected chi connectivity index (χ1v) is 36.2. The maximum atomic E-state index is 13.0. The lowest BCUT2D eigenvalue weighted by Crippen LogP contribution is -2.30. The number of carbonyl (C=O) groups excluding carboxylic acids is 4. The van der Waals surface area contributed by atoms with E-state index in [-0.39, 0.29) is 25.7 Å². The number of phosphoric ester groups is 2. The summed E-state index contributed by atoms with van der Waals surface area (Å²) in [6.07, 6.45) is 40.1. The van der Waals surface area contributed by atoms with Crippen LogP contribution in [0.15, 0.2) is 24.3 Å². The zero-order valence-electron chi connectivity index (χ0n) is 53.8. The second-order valence-corrected chi connectivity index (χ2v) is 26.9. The van der Waals surface area contributed by atoms with Gasteiger partial charge in [0.2, 0.25) is 0 Å². The largest absolute Gasteiger partial charge is 0.472 e. The second kappa shape index (κ2) is 55.8. The van der Waals surface area contributed by atoms with E-state index < -0.39 is 97.5 Å². The molecule has 84 heavy (non-hydrogen) atoms. The number of hydrogen-bond acceptors (Lipinski definition) is 15. The smallest absolute Gasteiger partial charge is 0.462 e. The number of aliphatic hydroxyl groups excluding tert-OH is 1. The molecule has 0 radical (unpaired) electrons. The van der Waals surface area contributed by atoms with Crippen molar-refractivity contribution in [3.63, 3.8) is 0 Å². The maximum Gasteiger partial charge on any atom is 0.472 e. The van der Waals surface area contributed by atoms with Crippen LogP contribution in [0.5, 0.6) is 0 Å². The first-order valence-electron chi connectivity index (χ1n) is 33.2. The van der Waals surface area contributed by atoms with Gasteiger partial charge in [0.1, 0.15) is 19.3 Å². The number of carbonyl (C=O) groups is 4. The van der Waals surface area contributed by atoms with E-state index in [0.29, 0.717) is 37.5 Å². The second-order valence-electron chi connectivity index (χ2n) is 24.0. The summed E-state index contributed by atoms with van der Waals surface area (Å²) in [5.74, 6) is -0.0730. The molecule has 6 atom stereocenters. The van der Waals surface area contributed by atoms with Crippen LogP contribution in [-0.2, 0) is 65.4 Å². The third kappa shape index (κ3) is 57.3. The van der Waals surface area contributed by atoms with Crippen LogP contribution in [0.1, 0.15) is 292 Å². The summed E-state index contributed by atoms with van der Waals surface area (Å²) in [5, 5.41) is 10.5. The standard InChI is InChI=1S/C65H122O17P2/c1-8-10-11-12-13-14-15-16-17-18-19-20-23-34-41-48-64(69)81-60(53-76-63(68)47-40-33-28-26-31-38-45-58(7)9-2)54-79-83(71,72)77-50-59(66)51-78-84(73,74)80-55-61(82-65(70)49-42-35-27-25-30-37-44-57(5)6)52-75-62(67)46-39-32-24-21-22-29-36-43-56(3)4/h14-17,56-61,66H,8-13,18-55H2,1-7H3,(H,71,72)(H,73,74)/b15-14-,17-16-/t58?,59?,60-,61-/m1/s1. The van der Waals surface area contributed by atoms with E-state index in [1.54, 1.807) is 0 Å². The number of allylic oxidation sites excluding steroid dienone is 4. The van der Waals surface area contributed by atoms with E-state index in [9.17, 15) is 43.2 Å². The molecule has 0 bridgehead atoms. The third-order valence-electron chi connectivity index (χ3n) is 14.6. The number of phosphoric acid groups is 2. The molecule has 0 aliphatic carbocycles. The first-order chi connectivity index (χ1) is 40.3. The van der Waals surface area contributed by atoms with Crippen molar-refractivity contribution in [3.8, 4) is 0 Å². The molecule has 19 heteroatoms. The lowest BCUT2D eigenvalue weighted by atomic mass is 10.00. The van der Waals surface area contributed by atoms with Crippen LogP contribution in [0.2, 0.25) is 0 Å². The Hall–Kier alpha value is -2.46. The quantitative estimate of drug-likeness (QED) is 0.0169. The Balaban J connectivity index is 5.28. The Kier molecular flexibility index (Phi) is 54.2. The minimum absolute atomic E-state index is 0.0833. The summed E-state index contributed by atoms with van der Waals surface area (Å²) in [7, 11) is -9.90. The van der Waals surface area contributed by atoms with Gasteiger partial charge in [0, 0.05) is 25.7 Å². The van der Waals surface area contributed by atoms with Gasteiger partial charge in [0.05, 0.1) is 26.4 Å². The fraction of sp³-hybridized carbons (Fsp3) is 0.877. The molecule has 0 aliphatic heterocycles. The van der Waals surface area contributed by atoms with Gasteiger partial charge in [-0.1, -0.05) is 240 Å². The molecule has 0 aromatic carbocycles. The van der Waals surface area contributed by atoms with E-state index in [1.165, 1.54) is 77.0 Å². The van der Waals surface area contributed by atoms with E-state index in [0.717, 1.165) is 121 Å². The van der Waals surface area contributed by atoms with Gasteiger partial charge in [0.15, 0.2) is 12.2 Å². The fourth-order valence-corrected chi connectivity index (χ4v) is 10.7. The lowest BCUT2D eigenvalue weighted by Gasteiger charge is -2.21. The molecule has 4 unspecified atom stereocenters. The molecule has 0 aromatic rings. The number of aliphatic hydroxyl groups is 1. The van der Waals surface area contributed by atoms with Crippen molar-refractivity contribution in [1.82, 2.24) is 0 Å². The summed E-state index contributed by atoms with van der Waals surface area (Å²) in [6, 6.07) is 0. The summed E-state index contributed by atoms with van der Waals surface area (Å²) in [5.41, 5.74) is 0. The minimum Gasteiger partial charge on any atom is -0.462 e. The molecule has 0 aliphatic rings. The Morgan fingerprint density at radius 2 is 0.702 bits per heavy atom. The molecule has 0 saturated heterocycles. The maximum absolute atomic E-state index is 13.0. The number of esters is 4. The van der Waals surface area contributed by atoms with Crippen LogP contribution in [-0.4, -0.2) is 96.7 Å². The van der Waals surface area contributed by atoms with Gasteiger partial charge < -0.3 is 33.8 Å². The van der Waals surface area contributed by atoms with Crippen LogP contribution < -0.4 is 0 Å². The zero-order chi connectivity index (χ0) is 62.4. The number of ether oxygens (including phenoxy) is 4. The molecule has 17 nitrogen and oxygen atoms in total. The van der Waals surface area contributed by atoms with Gasteiger partial charge in [-0.25, -0.2) is 9.13 Å². The van der Waals surface area contributed by atoms with Crippen molar-refractivity contribution in [1.29, 1.82) is 0 Å². The van der Waals surface area contributed by atoms with Crippen molar-refractivity contribution >= 4 is 39.5 Å². The molecular weight excluding hydrogens is 1110 g/mol. The van der Waals surface area contributed by atoms with Gasteiger partial charge >= 0.3 is 39.5 Å². The van der Waals surface area contributed by atoms with Crippen LogP contribution in [0.25, 0.3) is 0 Å². The highest BCUT2D eigenvalue weighted by Crippen LogP contribution is 2.45. The highest BCUT2D eigenvalue weighted by Gasteiger charge is 2.30. The molecule has 0 saturated carbocycles. The monoisotopic (exact) mass is 1240 g/mol. The van der Waals surface area contributed by atoms with Gasteiger partial charge in [-0.15, -0.1) is 0 Å². The Bertz CT molecular complexity index is 1760. The van der Waals surface area contributed by atoms with Crippen molar-refractivity contribution in [3.05, 3.63) is 24.3 Å². The van der Waals surface area contributed by atoms with Gasteiger partial charge in [-0.05, 0) is 69.1 Å². The molecule has 494 valence electrons. The zero-order valence-corrected chi connectivity index (χ0v) is 55.6. The molecule has 0 aromatic heterocycles. The summed E-state index contributed by atoms with van der Waals surface area (Å²) >= 11 is 0. The van der Waals surface area contributed by atoms with E-state index in [2.05, 4.69) is 72.8 Å². The highest BCUT2D eigenvalue weighted by molar-refractivity contribution is 7.47. The molecule has 0 rings (SSSR count). The van der Waals surface area contributed by atoms with Gasteiger partial charge in [0.25, 0.3) is 0 Å². The van der Waals surface area contributed by atoms with Gasteiger partial charge in [-0.2, -0.15) is 0 Å². The SMILES string of the molecule is CCCCCC/C=C\C=C/CCCCCCCC(=O)O[C@H](COC(=O)CCCCCCCCC(C)CC)COP(=O)(O)OCC(O)COP(=O)(O)OC[C@@H](COC(=O)CCCCCCCCCC(C)C)OC(=O)CCCCCCCCC(C)C. The predicted molar refractivity (Wildman–Crippen MR) is 335 cm³/mol. The number of rotatable bonds is 61. The third-order valence-corrected chi connectivity index (χ3v) is 16.5. The molecule has 3 N–H and O–H groups in total. The average Bonchev–Trinajstić information content (AvgIpc) is 3.47. The topological polar surface area (TPSA) is 237 Å². The van der Waals surface area contributed by atoms with Crippen molar-refractivity contribution < 1.29 is 80.2 Å². The summed E-state index contributed by atoms with van der Waals surface area (Å²) in [6.45, 7) is 11.5. The first kappa shape index (κ1) is 81.5. The molecule has 0 heterocycles. The Morgan fingerprint density at radius 1 is 0.393 bits per heavy atom. The minimum atomic E-state index is -4.95. The summed E-state index contributed by atoms with van der Waals surface area (Å²) < 4.78 is 67.9. The van der Waals surface area contributed by atoms with E-state index >= 15 is 0 Å². The van der Waals surface area contributed by atoms with Crippen LogP contribution in [0, 0.1) is 17.8 Å². The predicted octanol–water partition coefficient (Wildman–Crippen LogP) is 17.4. The molecule has 0 spiro atoms. The van der Waals surface area contributed by atoms with Crippen LogP contribution >= 0.6 is 15.6 Å². The normalized spacial score (nSPS) is 14.9. The fourth-order valence-electron chi connectivity index (χ4n) is 9.08. The molecule has 0 amide bonds. The Morgan fingerprint density at radius 3 is 1.06 bits per heavy atom.